The first-order chi connectivity index (χ1) is 6.68. The molecule has 3 heteroatoms. The molecule has 118 valence electrons. The van der Waals surface area contributed by atoms with Crippen LogP contribution < -0.4 is 0 Å². The molecule has 0 nitrogen and oxygen atoms in total. The van der Waals surface area contributed by atoms with Gasteiger partial charge in [0.1, 0.15) is 0 Å². The molecule has 0 amide bonds. The summed E-state index contributed by atoms with van der Waals surface area (Å²) in [5, 5.41) is 0. The molecule has 18 heavy (non-hydrogen) atoms. The van der Waals surface area contributed by atoms with Crippen LogP contribution in [0.5, 0.6) is 0 Å². The van der Waals surface area contributed by atoms with E-state index in [1.54, 1.807) is 0 Å². The minimum Gasteiger partial charge on any atom is -0.358 e. The van der Waals surface area contributed by atoms with Crippen LogP contribution >= 0.6 is 0 Å². The Morgan fingerprint density at radius 2 is 1.00 bits per heavy atom. The van der Waals surface area contributed by atoms with Gasteiger partial charge in [-0.3, -0.25) is 0 Å². The quantitative estimate of drug-likeness (QED) is 0.385. The Morgan fingerprint density at radius 1 is 0.667 bits per heavy atom. The molecule has 0 heterocycles. The third-order valence-electron chi connectivity index (χ3n) is 2.88. The van der Waals surface area contributed by atoms with E-state index in [1.165, 1.54) is 31.0 Å². The molecule has 0 radical (unpaired) electrons. The van der Waals surface area contributed by atoms with E-state index in [0.717, 1.165) is 0 Å². The van der Waals surface area contributed by atoms with Crippen molar-refractivity contribution in [2.24, 2.45) is 0 Å². The Labute approximate surface area is 132 Å². The van der Waals surface area contributed by atoms with Gasteiger partial charge in [-0.1, -0.05) is 84.5 Å². The fourth-order valence-corrected chi connectivity index (χ4v) is 4.81. The molecule has 0 atom stereocenters. The van der Waals surface area contributed by atoms with Gasteiger partial charge >= 0.3 is 16.5 Å². The second-order valence-electron chi connectivity index (χ2n) is 6.58. The zero-order valence-electron chi connectivity index (χ0n) is 14.9. The summed E-state index contributed by atoms with van der Waals surface area (Å²) in [6.07, 6.45) is 2.75. The minimum atomic E-state index is -0.677. The smallest absolute Gasteiger partial charge is 0.358 e. The average Bonchev–Trinajstić information content (AvgIpc) is 2.03. The maximum absolute atomic E-state index is 2.47. The van der Waals surface area contributed by atoms with E-state index >= 15 is 0 Å². The normalized spacial score (nSPS) is 10.0. The minimum absolute atomic E-state index is 0. The Kier molecular flexibility index (Phi) is 27.8. The molecule has 0 N–H and O–H groups in total. The second kappa shape index (κ2) is 16.0. The Balaban J connectivity index is -0.0000000540. The van der Waals surface area contributed by atoms with Crippen molar-refractivity contribution in [2.45, 2.75) is 84.5 Å². The molecule has 0 spiro atoms. The first-order valence-electron chi connectivity index (χ1n) is 6.68. The molecule has 0 fully saturated rings. The van der Waals surface area contributed by atoms with Crippen molar-refractivity contribution < 1.29 is 16.5 Å². The second-order valence-corrected chi connectivity index (χ2v) is 17.7. The monoisotopic (exact) mass is 334 g/mol. The van der Waals surface area contributed by atoms with Gasteiger partial charge < -0.3 is 14.9 Å². The largest absolute Gasteiger partial charge is 2.00 e. The van der Waals surface area contributed by atoms with Crippen molar-refractivity contribution >= 4 is 16.1 Å². The van der Waals surface area contributed by atoms with Gasteiger partial charge in [0.25, 0.3) is 0 Å². The van der Waals surface area contributed by atoms with Crippen molar-refractivity contribution in [1.29, 1.82) is 0 Å². The molecular formula is C15H40NiSi2. The van der Waals surface area contributed by atoms with Crippen LogP contribution in [-0.4, -0.2) is 16.1 Å². The molecule has 0 aromatic heterocycles. The summed E-state index contributed by atoms with van der Waals surface area (Å²) in [7, 11) is -1.33. The van der Waals surface area contributed by atoms with Crippen molar-refractivity contribution in [3.8, 4) is 0 Å². The van der Waals surface area contributed by atoms with Gasteiger partial charge in [-0.15, -0.1) is 0 Å². The predicted molar refractivity (Wildman–Crippen MR) is 94.3 cm³/mol. The zero-order valence-corrected chi connectivity index (χ0v) is 17.8. The van der Waals surface area contributed by atoms with E-state index < -0.39 is 16.1 Å². The molecule has 0 aliphatic heterocycles. The summed E-state index contributed by atoms with van der Waals surface area (Å²) < 4.78 is 0. The van der Waals surface area contributed by atoms with Crippen LogP contribution in [0.15, 0.2) is 0 Å². The first-order valence-corrected chi connectivity index (χ1v) is 13.8. The number of hydrogen-bond acceptors (Lipinski definition) is 0. The van der Waals surface area contributed by atoms with E-state index in [-0.39, 0.29) is 31.3 Å². The third-order valence-corrected chi connectivity index (χ3v) is 8.65. The van der Waals surface area contributed by atoms with Crippen LogP contribution in [0.1, 0.15) is 33.6 Å². The third kappa shape index (κ3) is 30.2. The van der Waals surface area contributed by atoms with E-state index in [0.29, 0.717) is 0 Å². The molecular weight excluding hydrogens is 295 g/mol. The molecule has 0 aromatic carbocycles. The van der Waals surface area contributed by atoms with Gasteiger partial charge in [0.05, 0.1) is 0 Å². The number of hydrogen-bond donors (Lipinski definition) is 0. The summed E-state index contributed by atoms with van der Waals surface area (Å²) in [5.41, 5.74) is 0. The van der Waals surface area contributed by atoms with Gasteiger partial charge in [0.15, 0.2) is 0 Å². The van der Waals surface area contributed by atoms with Crippen molar-refractivity contribution in [3.05, 3.63) is 14.9 Å². The predicted octanol–water partition coefficient (Wildman–Crippen LogP) is 6.76. The molecule has 0 saturated heterocycles. The first kappa shape index (κ1) is 31.4. The van der Waals surface area contributed by atoms with Gasteiger partial charge in [-0.25, -0.2) is 0 Å². The van der Waals surface area contributed by atoms with E-state index in [1.807, 2.05) is 0 Å². The van der Waals surface area contributed by atoms with E-state index in [9.17, 15) is 0 Å². The van der Waals surface area contributed by atoms with Crippen molar-refractivity contribution in [3.63, 3.8) is 0 Å². The van der Waals surface area contributed by atoms with E-state index in [4.69, 9.17) is 0 Å². The average molecular weight is 335 g/mol. The SMILES string of the molecule is CCC[Si](C)(C)C.CCC[Si](C)(C)CC.[CH3-].[CH3-].[Ni+2]. The Bertz CT molecular complexity index is 140. The Morgan fingerprint density at radius 3 is 1.06 bits per heavy atom. The van der Waals surface area contributed by atoms with Crippen LogP contribution in [0.3, 0.4) is 0 Å². The summed E-state index contributed by atoms with van der Waals surface area (Å²) in [6.45, 7) is 19.0. The molecule has 0 aromatic rings. The van der Waals surface area contributed by atoms with Crippen LogP contribution in [0.4, 0.5) is 0 Å². The van der Waals surface area contributed by atoms with Gasteiger partial charge in [-0.2, -0.15) is 0 Å². The van der Waals surface area contributed by atoms with Crippen LogP contribution in [0.25, 0.3) is 0 Å². The van der Waals surface area contributed by atoms with Crippen LogP contribution in [0, 0.1) is 14.9 Å². The summed E-state index contributed by atoms with van der Waals surface area (Å²) in [4.78, 5) is 0. The molecule has 0 rings (SSSR count). The number of rotatable bonds is 5. The van der Waals surface area contributed by atoms with Gasteiger partial charge in [-0.05, 0) is 0 Å². The van der Waals surface area contributed by atoms with Gasteiger partial charge in [0.2, 0.25) is 0 Å². The molecule has 0 bridgehead atoms. The molecule has 0 aliphatic rings. The topological polar surface area (TPSA) is 0 Å². The molecule has 0 aliphatic carbocycles. The summed E-state index contributed by atoms with van der Waals surface area (Å²) >= 11 is 0. The summed E-state index contributed by atoms with van der Waals surface area (Å²) in [5.74, 6) is 0. The summed E-state index contributed by atoms with van der Waals surface area (Å²) in [6, 6.07) is 4.43. The van der Waals surface area contributed by atoms with E-state index in [2.05, 4.69) is 53.5 Å². The van der Waals surface area contributed by atoms with Crippen molar-refractivity contribution in [1.82, 2.24) is 0 Å². The zero-order chi connectivity index (χ0) is 12.5. The fourth-order valence-electron chi connectivity index (χ4n) is 1.60. The van der Waals surface area contributed by atoms with Crippen LogP contribution in [0.2, 0.25) is 50.9 Å². The maximum atomic E-state index is 2.47. The fraction of sp³-hybridized carbons (Fsp3) is 0.867. The van der Waals surface area contributed by atoms with Crippen LogP contribution in [-0.2, 0) is 16.5 Å². The Hall–Kier alpha value is 0.927. The van der Waals surface area contributed by atoms with Gasteiger partial charge in [0, 0.05) is 16.1 Å². The standard InChI is InChI=1S/C7H18Si.C6H16Si.2CH3.Ni/c1-5-7-8(3,4)6-2;1-5-6-7(2,3)4;;;/h5-7H2,1-4H3;5-6H2,1-4H3;2*1H3;/q;;2*-1;+2. The molecule has 0 unspecified atom stereocenters. The maximum Gasteiger partial charge on any atom is 2.00 e. The van der Waals surface area contributed by atoms with Crippen molar-refractivity contribution in [2.75, 3.05) is 0 Å². The molecule has 0 saturated carbocycles.